The van der Waals surface area contributed by atoms with E-state index in [0.717, 1.165) is 5.56 Å². The minimum absolute atomic E-state index is 0.0224. The van der Waals surface area contributed by atoms with Gasteiger partial charge in [0.05, 0.1) is 16.4 Å². The number of hydrogen-bond acceptors (Lipinski definition) is 2. The van der Waals surface area contributed by atoms with Crippen molar-refractivity contribution in [3.63, 3.8) is 0 Å². The lowest BCUT2D eigenvalue weighted by Crippen LogP contribution is -2.32. The smallest absolute Gasteiger partial charge is 0.251 e. The van der Waals surface area contributed by atoms with E-state index in [-0.39, 0.29) is 10.9 Å². The molecule has 1 aliphatic heterocycles. The SMILES string of the molecule is O=C1Nc2cc(F)c(Cl)cc2NC1c1ccccc1. The minimum Gasteiger partial charge on any atom is -0.368 e. The molecule has 3 nitrogen and oxygen atoms in total. The monoisotopic (exact) mass is 276 g/mol. The zero-order valence-electron chi connectivity index (χ0n) is 9.78. The fourth-order valence-corrected chi connectivity index (χ4v) is 2.24. The maximum atomic E-state index is 13.3. The number of rotatable bonds is 1. The minimum atomic E-state index is -0.555. The molecule has 3 rings (SSSR count). The van der Waals surface area contributed by atoms with E-state index in [4.69, 9.17) is 11.6 Å². The Labute approximate surface area is 114 Å². The van der Waals surface area contributed by atoms with Crippen molar-refractivity contribution < 1.29 is 9.18 Å². The van der Waals surface area contributed by atoms with Crippen LogP contribution in [-0.2, 0) is 4.79 Å². The molecule has 0 fully saturated rings. The molecular weight excluding hydrogens is 267 g/mol. The van der Waals surface area contributed by atoms with E-state index in [2.05, 4.69) is 10.6 Å². The van der Waals surface area contributed by atoms with E-state index in [9.17, 15) is 9.18 Å². The average molecular weight is 277 g/mol. The van der Waals surface area contributed by atoms with Gasteiger partial charge in [-0.25, -0.2) is 4.39 Å². The Morgan fingerprint density at radius 2 is 1.84 bits per heavy atom. The molecule has 1 amide bonds. The second-order valence-corrected chi connectivity index (χ2v) is 4.70. The quantitative estimate of drug-likeness (QED) is 0.836. The summed E-state index contributed by atoms with van der Waals surface area (Å²) in [5.74, 6) is -0.777. The molecule has 0 aromatic heterocycles. The Morgan fingerprint density at radius 3 is 2.58 bits per heavy atom. The van der Waals surface area contributed by atoms with Crippen LogP contribution >= 0.6 is 11.6 Å². The second kappa shape index (κ2) is 4.55. The first-order valence-electron chi connectivity index (χ1n) is 5.76. The highest BCUT2D eigenvalue weighted by atomic mass is 35.5. The van der Waals surface area contributed by atoms with Crippen LogP contribution in [0, 0.1) is 5.82 Å². The summed E-state index contributed by atoms with van der Waals surface area (Å²) < 4.78 is 13.3. The predicted molar refractivity (Wildman–Crippen MR) is 72.8 cm³/mol. The lowest BCUT2D eigenvalue weighted by molar-refractivity contribution is -0.117. The number of nitrogens with one attached hydrogen (secondary N) is 2. The Balaban J connectivity index is 2.00. The van der Waals surface area contributed by atoms with Crippen molar-refractivity contribution in [1.29, 1.82) is 0 Å². The van der Waals surface area contributed by atoms with E-state index in [1.165, 1.54) is 12.1 Å². The maximum absolute atomic E-state index is 13.3. The summed E-state index contributed by atoms with van der Waals surface area (Å²) in [5.41, 5.74) is 1.85. The molecule has 0 radical (unpaired) electrons. The standard InChI is InChI=1S/C14H10ClFN2O/c15-9-6-11-12(7-10(9)16)18-14(19)13(17-11)8-4-2-1-3-5-8/h1-7,13,17H,(H,18,19). The number of carbonyl (C=O) groups is 1. The molecule has 5 heteroatoms. The highest BCUT2D eigenvalue weighted by Crippen LogP contribution is 2.35. The summed E-state index contributed by atoms with van der Waals surface area (Å²) >= 11 is 5.75. The van der Waals surface area contributed by atoms with Crippen molar-refractivity contribution in [2.75, 3.05) is 10.6 Å². The van der Waals surface area contributed by atoms with Crippen molar-refractivity contribution in [3.05, 3.63) is 58.9 Å². The van der Waals surface area contributed by atoms with Crippen molar-refractivity contribution in [2.45, 2.75) is 6.04 Å². The lowest BCUT2D eigenvalue weighted by atomic mass is 10.0. The third kappa shape index (κ3) is 2.15. The Kier molecular flexibility index (Phi) is 2.87. The van der Waals surface area contributed by atoms with E-state index in [1.807, 2.05) is 30.3 Å². The van der Waals surface area contributed by atoms with Crippen LogP contribution in [0.3, 0.4) is 0 Å². The number of carbonyl (C=O) groups excluding carboxylic acids is 1. The zero-order chi connectivity index (χ0) is 13.4. The van der Waals surface area contributed by atoms with Crippen LogP contribution in [-0.4, -0.2) is 5.91 Å². The molecule has 0 aliphatic carbocycles. The lowest BCUT2D eigenvalue weighted by Gasteiger charge is -2.27. The first kappa shape index (κ1) is 12.0. The van der Waals surface area contributed by atoms with Crippen LogP contribution in [0.1, 0.15) is 11.6 Å². The Bertz CT molecular complexity index is 645. The number of anilines is 2. The summed E-state index contributed by atoms with van der Waals surface area (Å²) in [4.78, 5) is 12.0. The van der Waals surface area contributed by atoms with Gasteiger partial charge in [0.15, 0.2) is 0 Å². The van der Waals surface area contributed by atoms with Gasteiger partial charge in [0.25, 0.3) is 5.91 Å². The van der Waals surface area contributed by atoms with Crippen LogP contribution in [0.4, 0.5) is 15.8 Å². The topological polar surface area (TPSA) is 41.1 Å². The molecule has 0 saturated carbocycles. The molecule has 19 heavy (non-hydrogen) atoms. The molecule has 1 unspecified atom stereocenters. The van der Waals surface area contributed by atoms with Crippen LogP contribution in [0.5, 0.6) is 0 Å². The molecule has 96 valence electrons. The molecule has 1 atom stereocenters. The number of benzene rings is 2. The summed E-state index contributed by atoms with van der Waals surface area (Å²) in [7, 11) is 0. The molecular formula is C14H10ClFN2O. The van der Waals surface area contributed by atoms with Gasteiger partial charge in [-0.1, -0.05) is 41.9 Å². The van der Waals surface area contributed by atoms with Crippen molar-refractivity contribution in [1.82, 2.24) is 0 Å². The van der Waals surface area contributed by atoms with Gasteiger partial charge in [0, 0.05) is 6.07 Å². The number of hydrogen-bond donors (Lipinski definition) is 2. The van der Waals surface area contributed by atoms with Crippen LogP contribution in [0.2, 0.25) is 5.02 Å². The van der Waals surface area contributed by atoms with E-state index < -0.39 is 11.9 Å². The fourth-order valence-electron chi connectivity index (χ4n) is 2.08. The van der Waals surface area contributed by atoms with Crippen LogP contribution < -0.4 is 10.6 Å². The van der Waals surface area contributed by atoms with Gasteiger partial charge in [0.1, 0.15) is 11.9 Å². The predicted octanol–water partition coefficient (Wildman–Crippen LogP) is 3.58. The third-order valence-electron chi connectivity index (χ3n) is 3.01. The Hall–Kier alpha value is -2.07. The molecule has 1 aliphatic rings. The molecule has 2 aromatic carbocycles. The van der Waals surface area contributed by atoms with Gasteiger partial charge in [0.2, 0.25) is 0 Å². The molecule has 2 aromatic rings. The summed E-state index contributed by atoms with van der Waals surface area (Å²) in [6.45, 7) is 0. The number of halogens is 2. The third-order valence-corrected chi connectivity index (χ3v) is 3.30. The van der Waals surface area contributed by atoms with Crippen molar-refractivity contribution in [3.8, 4) is 0 Å². The summed E-state index contributed by atoms with van der Waals surface area (Å²) in [6.07, 6.45) is 0. The molecule has 2 N–H and O–H groups in total. The van der Waals surface area contributed by atoms with Crippen molar-refractivity contribution in [2.24, 2.45) is 0 Å². The summed E-state index contributed by atoms with van der Waals surface area (Å²) in [5, 5.41) is 5.77. The highest BCUT2D eigenvalue weighted by molar-refractivity contribution is 6.31. The molecule has 0 saturated heterocycles. The second-order valence-electron chi connectivity index (χ2n) is 4.29. The van der Waals surface area contributed by atoms with Gasteiger partial charge in [-0.05, 0) is 11.6 Å². The van der Waals surface area contributed by atoms with Gasteiger partial charge in [-0.15, -0.1) is 0 Å². The van der Waals surface area contributed by atoms with E-state index in [0.29, 0.717) is 11.4 Å². The summed E-state index contributed by atoms with van der Waals surface area (Å²) in [6, 6.07) is 11.5. The number of amides is 1. The fraction of sp³-hybridized carbons (Fsp3) is 0.0714. The van der Waals surface area contributed by atoms with Gasteiger partial charge < -0.3 is 10.6 Å². The Morgan fingerprint density at radius 1 is 1.11 bits per heavy atom. The van der Waals surface area contributed by atoms with E-state index >= 15 is 0 Å². The van der Waals surface area contributed by atoms with Gasteiger partial charge in [-0.3, -0.25) is 4.79 Å². The van der Waals surface area contributed by atoms with Crippen LogP contribution in [0.25, 0.3) is 0 Å². The van der Waals surface area contributed by atoms with Gasteiger partial charge in [-0.2, -0.15) is 0 Å². The normalized spacial score (nSPS) is 17.4. The molecule has 1 heterocycles. The largest absolute Gasteiger partial charge is 0.368 e. The first-order valence-corrected chi connectivity index (χ1v) is 6.14. The molecule has 0 bridgehead atoms. The molecule has 0 spiro atoms. The van der Waals surface area contributed by atoms with Crippen molar-refractivity contribution >= 4 is 28.9 Å². The average Bonchev–Trinajstić information content (AvgIpc) is 2.41. The first-order chi connectivity index (χ1) is 9.15. The van der Waals surface area contributed by atoms with Gasteiger partial charge >= 0.3 is 0 Å². The van der Waals surface area contributed by atoms with E-state index in [1.54, 1.807) is 0 Å². The van der Waals surface area contributed by atoms with Crippen LogP contribution in [0.15, 0.2) is 42.5 Å². The highest BCUT2D eigenvalue weighted by Gasteiger charge is 2.27. The number of fused-ring (bicyclic) bond motifs is 1. The maximum Gasteiger partial charge on any atom is 0.251 e. The zero-order valence-corrected chi connectivity index (χ0v) is 10.5.